The van der Waals surface area contributed by atoms with Gasteiger partial charge in [0.15, 0.2) is 0 Å². The number of carboxylic acid groups (broad SMARTS) is 1. The summed E-state index contributed by atoms with van der Waals surface area (Å²) in [5, 5.41) is 8.54. The van der Waals surface area contributed by atoms with Crippen molar-refractivity contribution in [3.05, 3.63) is 35.4 Å². The van der Waals surface area contributed by atoms with Crippen LogP contribution in [0.4, 0.5) is 0 Å². The Morgan fingerprint density at radius 2 is 2.20 bits per heavy atom. The van der Waals surface area contributed by atoms with Gasteiger partial charge in [-0.3, -0.25) is 4.79 Å². The Kier molecular flexibility index (Phi) is 3.90. The second kappa shape index (κ2) is 5.18. The van der Waals surface area contributed by atoms with Crippen molar-refractivity contribution in [1.29, 1.82) is 0 Å². The summed E-state index contributed by atoms with van der Waals surface area (Å²) >= 11 is 0. The zero-order chi connectivity index (χ0) is 11.3. The molecule has 0 spiro atoms. The van der Waals surface area contributed by atoms with E-state index in [-0.39, 0.29) is 12.5 Å². The van der Waals surface area contributed by atoms with Crippen LogP contribution in [0.5, 0.6) is 0 Å². The zero-order valence-electron chi connectivity index (χ0n) is 8.31. The number of hydrogen-bond acceptors (Lipinski definition) is 2. The lowest BCUT2D eigenvalue weighted by atomic mass is 9.98. The lowest BCUT2D eigenvalue weighted by molar-refractivity contribution is -0.137. The maximum absolute atomic E-state index is 10.4. The lowest BCUT2D eigenvalue weighted by Gasteiger charge is -2.12. The van der Waals surface area contributed by atoms with Crippen LogP contribution in [0.2, 0.25) is 0 Å². The molecule has 0 radical (unpaired) electrons. The average molecular weight is 203 g/mol. The van der Waals surface area contributed by atoms with Crippen molar-refractivity contribution in [1.82, 2.24) is 0 Å². The molecule has 78 valence electrons. The minimum Gasteiger partial charge on any atom is -0.481 e. The molecule has 1 rings (SSSR count). The first-order valence-corrected chi connectivity index (χ1v) is 4.68. The number of nitrogens with two attached hydrogens (primary N) is 1. The molecule has 15 heavy (non-hydrogen) atoms. The Morgan fingerprint density at radius 1 is 1.53 bits per heavy atom. The van der Waals surface area contributed by atoms with Crippen LogP contribution in [0, 0.1) is 12.3 Å². The maximum Gasteiger partial charge on any atom is 0.303 e. The quantitative estimate of drug-likeness (QED) is 0.729. The molecule has 1 aromatic rings. The van der Waals surface area contributed by atoms with E-state index in [2.05, 4.69) is 5.92 Å². The van der Waals surface area contributed by atoms with Gasteiger partial charge in [0, 0.05) is 18.0 Å². The number of carbonyl (C=O) groups is 1. The van der Waals surface area contributed by atoms with Gasteiger partial charge in [0.2, 0.25) is 0 Å². The van der Waals surface area contributed by atoms with Crippen molar-refractivity contribution in [3.63, 3.8) is 0 Å². The molecule has 3 nitrogen and oxygen atoms in total. The second-order valence-corrected chi connectivity index (χ2v) is 3.27. The van der Waals surface area contributed by atoms with Crippen LogP contribution in [-0.4, -0.2) is 11.1 Å². The van der Waals surface area contributed by atoms with Gasteiger partial charge in [-0.15, -0.1) is 6.42 Å². The van der Waals surface area contributed by atoms with Crippen LogP contribution < -0.4 is 5.73 Å². The highest BCUT2D eigenvalue weighted by molar-refractivity contribution is 5.66. The van der Waals surface area contributed by atoms with Gasteiger partial charge in [-0.05, 0) is 18.1 Å². The molecular weight excluding hydrogens is 190 g/mol. The molecule has 0 saturated heterocycles. The van der Waals surface area contributed by atoms with Crippen LogP contribution in [0.25, 0.3) is 0 Å². The first-order chi connectivity index (χ1) is 7.15. The van der Waals surface area contributed by atoms with E-state index in [0.717, 1.165) is 11.1 Å². The fourth-order valence-electron chi connectivity index (χ4n) is 1.39. The summed E-state index contributed by atoms with van der Waals surface area (Å²) < 4.78 is 0. The first-order valence-electron chi connectivity index (χ1n) is 4.68. The van der Waals surface area contributed by atoms with Gasteiger partial charge in [0.25, 0.3) is 0 Å². The van der Waals surface area contributed by atoms with E-state index < -0.39 is 5.97 Å². The Labute approximate surface area is 88.9 Å². The molecule has 0 aliphatic rings. The van der Waals surface area contributed by atoms with Gasteiger partial charge in [0.05, 0.1) is 0 Å². The first kappa shape index (κ1) is 11.3. The van der Waals surface area contributed by atoms with Crippen molar-refractivity contribution in [3.8, 4) is 12.3 Å². The summed E-state index contributed by atoms with van der Waals surface area (Å²) in [5.74, 6) is 1.69. The standard InChI is InChI=1S/C12H13NO2/c1-2-9-5-3-4-6-10(9)11(13)7-8-12(14)15/h1,3-6,11H,7-8,13H2,(H,14,15). The molecule has 0 aromatic heterocycles. The van der Waals surface area contributed by atoms with E-state index in [1.54, 1.807) is 6.07 Å². The van der Waals surface area contributed by atoms with Crippen LogP contribution in [0.1, 0.15) is 30.0 Å². The predicted molar refractivity (Wildman–Crippen MR) is 58.2 cm³/mol. The van der Waals surface area contributed by atoms with E-state index in [0.29, 0.717) is 6.42 Å². The Balaban J connectivity index is 2.77. The lowest BCUT2D eigenvalue weighted by Crippen LogP contribution is -2.13. The van der Waals surface area contributed by atoms with E-state index >= 15 is 0 Å². The third kappa shape index (κ3) is 3.12. The highest BCUT2D eigenvalue weighted by atomic mass is 16.4. The zero-order valence-corrected chi connectivity index (χ0v) is 8.31. The fraction of sp³-hybridized carbons (Fsp3) is 0.250. The number of rotatable bonds is 4. The van der Waals surface area contributed by atoms with Crippen LogP contribution in [0.15, 0.2) is 24.3 Å². The normalized spacial score (nSPS) is 11.7. The Hall–Kier alpha value is -1.79. The largest absolute Gasteiger partial charge is 0.481 e. The highest BCUT2D eigenvalue weighted by Crippen LogP contribution is 2.19. The summed E-state index contributed by atoms with van der Waals surface area (Å²) in [7, 11) is 0. The third-order valence-corrected chi connectivity index (χ3v) is 2.18. The number of benzene rings is 1. The Bertz CT molecular complexity index is 393. The number of hydrogen-bond donors (Lipinski definition) is 2. The molecule has 1 atom stereocenters. The van der Waals surface area contributed by atoms with Crippen LogP contribution >= 0.6 is 0 Å². The maximum atomic E-state index is 10.4. The van der Waals surface area contributed by atoms with E-state index in [9.17, 15) is 4.79 Å². The summed E-state index contributed by atoms with van der Waals surface area (Å²) in [6, 6.07) is 7.00. The topological polar surface area (TPSA) is 63.3 Å². The minimum atomic E-state index is -0.844. The molecule has 0 amide bonds. The van der Waals surface area contributed by atoms with Gasteiger partial charge in [-0.25, -0.2) is 0 Å². The molecule has 0 saturated carbocycles. The predicted octanol–water partition coefficient (Wildman–Crippen LogP) is 1.53. The van der Waals surface area contributed by atoms with Gasteiger partial charge < -0.3 is 10.8 Å². The van der Waals surface area contributed by atoms with Gasteiger partial charge in [-0.1, -0.05) is 24.1 Å². The van der Waals surface area contributed by atoms with Crippen molar-refractivity contribution in [2.24, 2.45) is 5.73 Å². The number of carboxylic acids is 1. The average Bonchev–Trinajstić information content (AvgIpc) is 2.25. The second-order valence-electron chi connectivity index (χ2n) is 3.27. The third-order valence-electron chi connectivity index (χ3n) is 2.18. The molecule has 1 aromatic carbocycles. The number of aliphatic carboxylic acids is 1. The van der Waals surface area contributed by atoms with Crippen LogP contribution in [0.3, 0.4) is 0 Å². The number of terminal acetylenes is 1. The molecule has 0 bridgehead atoms. The van der Waals surface area contributed by atoms with Crippen molar-refractivity contribution in [2.45, 2.75) is 18.9 Å². The Morgan fingerprint density at radius 3 is 2.80 bits per heavy atom. The van der Waals surface area contributed by atoms with Gasteiger partial charge in [-0.2, -0.15) is 0 Å². The van der Waals surface area contributed by atoms with Crippen molar-refractivity contribution >= 4 is 5.97 Å². The molecule has 0 aliphatic carbocycles. The summed E-state index contributed by atoms with van der Waals surface area (Å²) in [6.45, 7) is 0. The SMILES string of the molecule is C#Cc1ccccc1C(N)CCC(=O)O. The molecule has 0 heterocycles. The molecule has 3 N–H and O–H groups in total. The molecule has 0 fully saturated rings. The highest BCUT2D eigenvalue weighted by Gasteiger charge is 2.10. The van der Waals surface area contributed by atoms with Crippen molar-refractivity contribution < 1.29 is 9.90 Å². The monoisotopic (exact) mass is 203 g/mol. The van der Waals surface area contributed by atoms with Gasteiger partial charge in [0.1, 0.15) is 0 Å². The van der Waals surface area contributed by atoms with E-state index in [1.807, 2.05) is 18.2 Å². The summed E-state index contributed by atoms with van der Waals surface area (Å²) in [4.78, 5) is 10.4. The summed E-state index contributed by atoms with van der Waals surface area (Å²) in [5.41, 5.74) is 7.43. The molecule has 1 unspecified atom stereocenters. The fourth-order valence-corrected chi connectivity index (χ4v) is 1.39. The van der Waals surface area contributed by atoms with E-state index in [4.69, 9.17) is 17.3 Å². The smallest absolute Gasteiger partial charge is 0.303 e. The minimum absolute atomic E-state index is 0.0556. The van der Waals surface area contributed by atoms with Gasteiger partial charge >= 0.3 is 5.97 Å². The molecule has 0 aliphatic heterocycles. The molecule has 3 heteroatoms. The molecular formula is C12H13NO2. The summed E-state index contributed by atoms with van der Waals surface area (Å²) in [6.07, 6.45) is 5.77. The van der Waals surface area contributed by atoms with E-state index in [1.165, 1.54) is 0 Å². The van der Waals surface area contributed by atoms with Crippen LogP contribution in [-0.2, 0) is 4.79 Å². The van der Waals surface area contributed by atoms with Crippen molar-refractivity contribution in [2.75, 3.05) is 0 Å².